The fraction of sp³-hybridized carbons (Fsp3) is 0.465. The van der Waals surface area contributed by atoms with E-state index in [1.54, 1.807) is 39.0 Å². The van der Waals surface area contributed by atoms with E-state index in [0.29, 0.717) is 50.8 Å². The molecule has 0 bridgehead atoms. The van der Waals surface area contributed by atoms with Crippen molar-refractivity contribution in [3.8, 4) is 22.2 Å². The van der Waals surface area contributed by atoms with Crippen LogP contribution in [0.1, 0.15) is 74.5 Å². The number of ether oxygens (including phenoxy) is 2. The molecule has 14 nitrogen and oxygen atoms in total. The molecular formula is C43H57F4N7O7S2. The number of alkyl halides is 3. The van der Waals surface area contributed by atoms with Crippen LogP contribution in [0.2, 0.25) is 0 Å². The normalized spacial score (nSPS) is 20.7. The summed E-state index contributed by atoms with van der Waals surface area (Å²) >= 11 is 1.41. The van der Waals surface area contributed by atoms with E-state index >= 15 is 0 Å². The van der Waals surface area contributed by atoms with E-state index < -0.39 is 80.5 Å². The number of rotatable bonds is 14. The van der Waals surface area contributed by atoms with Crippen molar-refractivity contribution < 1.29 is 54.1 Å². The van der Waals surface area contributed by atoms with Gasteiger partial charge in [-0.15, -0.1) is 17.9 Å². The van der Waals surface area contributed by atoms with Crippen molar-refractivity contribution in [2.75, 3.05) is 33.1 Å². The molecule has 0 unspecified atom stereocenters. The van der Waals surface area contributed by atoms with Crippen LogP contribution in [0.15, 0.2) is 54.4 Å². The van der Waals surface area contributed by atoms with Crippen molar-refractivity contribution in [3.63, 3.8) is 0 Å². The minimum atomic E-state index is -4.89. The molecule has 0 radical (unpaired) electrons. The number of hydrogen-bond donors (Lipinski definition) is 3. The number of fused-ring (bicyclic) bond motifs is 1. The molecular weight excluding hydrogens is 867 g/mol. The summed E-state index contributed by atoms with van der Waals surface area (Å²) in [6.45, 7) is 14.4. The summed E-state index contributed by atoms with van der Waals surface area (Å²) in [7, 11) is -0.293. The maximum atomic E-state index is 14.9. The molecule has 2 fully saturated rings. The van der Waals surface area contributed by atoms with E-state index in [2.05, 4.69) is 17.2 Å². The van der Waals surface area contributed by atoms with Crippen LogP contribution >= 0.6 is 11.3 Å². The number of aromatic nitrogens is 2. The first-order chi connectivity index (χ1) is 29.3. The number of anilines is 1. The zero-order chi connectivity index (χ0) is 46.6. The van der Waals surface area contributed by atoms with Crippen LogP contribution in [0.3, 0.4) is 0 Å². The van der Waals surface area contributed by atoms with Gasteiger partial charge in [-0.2, -0.15) is 25.9 Å². The molecule has 20 heteroatoms. The average Bonchev–Trinajstić information content (AvgIpc) is 3.46. The zero-order valence-corrected chi connectivity index (χ0v) is 37.9. The number of methoxy groups -OCH3 is 1. The Labute approximate surface area is 372 Å². The molecule has 1 saturated heterocycles. The number of benzene rings is 2. The van der Waals surface area contributed by atoms with E-state index in [4.69, 9.17) is 19.4 Å². The van der Waals surface area contributed by atoms with Gasteiger partial charge < -0.3 is 25.0 Å². The maximum absolute atomic E-state index is 14.9. The molecule has 346 valence electrons. The number of carbonyl (C=O) groups is 3. The van der Waals surface area contributed by atoms with Crippen molar-refractivity contribution in [1.29, 1.82) is 0 Å². The molecule has 4 aromatic rings. The Kier molecular flexibility index (Phi) is 13.0. The quantitative estimate of drug-likeness (QED) is 0.0847. The van der Waals surface area contributed by atoms with Gasteiger partial charge in [-0.05, 0) is 55.0 Å². The molecule has 1 aliphatic heterocycles. The topological polar surface area (TPSA) is 172 Å². The molecule has 2 aromatic heterocycles. The largest absolute Gasteiger partial charge is 0.496 e. The predicted molar refractivity (Wildman–Crippen MR) is 237 cm³/mol. The number of nitrogens with one attached hydrogen (secondary N) is 3. The summed E-state index contributed by atoms with van der Waals surface area (Å²) in [5, 5.41) is 8.68. The minimum Gasteiger partial charge on any atom is -0.496 e. The van der Waals surface area contributed by atoms with Crippen molar-refractivity contribution >= 4 is 55.9 Å². The lowest BCUT2D eigenvalue weighted by molar-refractivity contribution is -0.141. The third-order valence-corrected chi connectivity index (χ3v) is 13.5. The summed E-state index contributed by atoms with van der Waals surface area (Å²) in [5.74, 6) is -3.34. The van der Waals surface area contributed by atoms with Gasteiger partial charge in [-0.25, -0.2) is 19.1 Å². The Hall–Kier alpha value is -5.34. The molecule has 5 atom stereocenters. The molecule has 3 N–H and O–H groups in total. The number of pyridine rings is 1. The first-order valence-electron chi connectivity index (χ1n) is 20.0. The smallest absolute Gasteiger partial charge is 0.416 e. The van der Waals surface area contributed by atoms with Gasteiger partial charge in [0.05, 0.1) is 30.4 Å². The zero-order valence-electron chi connectivity index (χ0n) is 36.3. The molecule has 0 spiro atoms. The first kappa shape index (κ1) is 47.1. The van der Waals surface area contributed by atoms with E-state index in [9.17, 15) is 40.4 Å². The molecule has 3 amide bonds. The highest BCUT2D eigenvalue weighted by atomic mass is 32.2. The van der Waals surface area contributed by atoms with Gasteiger partial charge in [-0.1, -0.05) is 40.7 Å². The summed E-state index contributed by atoms with van der Waals surface area (Å²) in [5.41, 5.74) is -1.72. The lowest BCUT2D eigenvalue weighted by atomic mass is 9.85. The first-order valence-corrected chi connectivity index (χ1v) is 22.4. The van der Waals surface area contributed by atoms with Crippen LogP contribution in [0.5, 0.6) is 11.5 Å². The molecule has 63 heavy (non-hydrogen) atoms. The van der Waals surface area contributed by atoms with Gasteiger partial charge in [0, 0.05) is 58.8 Å². The molecule has 6 rings (SSSR count). The molecule has 3 heterocycles. The number of hydrogen-bond acceptors (Lipinski definition) is 11. The van der Waals surface area contributed by atoms with Gasteiger partial charge >= 0.3 is 16.4 Å². The summed E-state index contributed by atoms with van der Waals surface area (Å²) in [6, 6.07) is 4.45. The van der Waals surface area contributed by atoms with Gasteiger partial charge in [-0.3, -0.25) is 14.4 Å². The second-order valence-electron chi connectivity index (χ2n) is 17.4. The van der Waals surface area contributed by atoms with Crippen LogP contribution in [-0.4, -0.2) is 96.8 Å². The monoisotopic (exact) mass is 923 g/mol. The van der Waals surface area contributed by atoms with Crippen LogP contribution in [0, 0.1) is 24.1 Å². The average molecular weight is 924 g/mol. The van der Waals surface area contributed by atoms with Crippen molar-refractivity contribution in [3.05, 3.63) is 77.1 Å². The highest BCUT2D eigenvalue weighted by molar-refractivity contribution is 7.87. The van der Waals surface area contributed by atoms with Crippen LogP contribution < -0.4 is 24.8 Å². The summed E-state index contributed by atoms with van der Waals surface area (Å²) in [6.07, 6.45) is -4.50. The molecule has 1 aliphatic carbocycles. The number of likely N-dealkylation sites (tertiary alicyclic amines) is 1. The van der Waals surface area contributed by atoms with Gasteiger partial charge in [0.2, 0.25) is 11.8 Å². The Morgan fingerprint density at radius 2 is 1.79 bits per heavy atom. The van der Waals surface area contributed by atoms with E-state index in [1.165, 1.54) is 43.5 Å². The van der Waals surface area contributed by atoms with Crippen LogP contribution in [0.25, 0.3) is 21.6 Å². The Balaban J connectivity index is 0.00000385. The Morgan fingerprint density at radius 3 is 2.37 bits per heavy atom. The fourth-order valence-corrected chi connectivity index (χ4v) is 9.03. The van der Waals surface area contributed by atoms with Gasteiger partial charge in [0.1, 0.15) is 51.7 Å². The van der Waals surface area contributed by atoms with E-state index in [-0.39, 0.29) is 35.3 Å². The highest BCUT2D eigenvalue weighted by Gasteiger charge is 2.61. The number of amides is 3. The SMILES string of the molecule is C=C[C@@H]1C[C@]1(NC(=O)[C@@H]1C[C@@H](Oc2cc(-c3nc(C(C)C)cs3)nc3c(C)c(OC)ccc23)CN1C(=O)[C@@H](Nc1cc(F)cc(C(F)(F)F)c1)C(C)(C)C)C(=O)NS(=O)(=O)N(C)C.[HH].[HH].[HH]. The fourth-order valence-electron chi connectivity index (χ4n) is 7.49. The van der Waals surface area contributed by atoms with Crippen molar-refractivity contribution in [1.82, 2.24) is 29.2 Å². The summed E-state index contributed by atoms with van der Waals surface area (Å²) in [4.78, 5) is 54.0. The third kappa shape index (κ3) is 9.77. The lowest BCUT2D eigenvalue weighted by Crippen LogP contribution is -2.59. The molecule has 2 aromatic carbocycles. The second-order valence-corrected chi connectivity index (χ2v) is 20.1. The second kappa shape index (κ2) is 17.3. The van der Waals surface area contributed by atoms with Crippen LogP contribution in [0.4, 0.5) is 23.2 Å². The lowest BCUT2D eigenvalue weighted by Gasteiger charge is -2.36. The van der Waals surface area contributed by atoms with Crippen molar-refractivity contribution in [2.24, 2.45) is 11.3 Å². The summed E-state index contributed by atoms with van der Waals surface area (Å²) < 4.78 is 96.4. The highest BCUT2D eigenvalue weighted by Crippen LogP contribution is 2.46. The number of thiazole rings is 1. The van der Waals surface area contributed by atoms with Crippen molar-refractivity contribution in [2.45, 2.75) is 90.2 Å². The Bertz CT molecular complexity index is 2580. The number of halogens is 4. The number of nitrogens with zero attached hydrogens (tertiary/aromatic N) is 4. The van der Waals surface area contributed by atoms with Crippen LogP contribution in [-0.2, 0) is 30.8 Å². The van der Waals surface area contributed by atoms with E-state index in [1.807, 2.05) is 30.9 Å². The number of carbonyl (C=O) groups excluding carboxylic acids is 3. The Morgan fingerprint density at radius 1 is 1.10 bits per heavy atom. The van der Waals surface area contributed by atoms with Gasteiger partial charge in [0.15, 0.2) is 0 Å². The number of aryl methyl sites for hydroxylation is 1. The van der Waals surface area contributed by atoms with E-state index in [0.717, 1.165) is 16.1 Å². The maximum Gasteiger partial charge on any atom is 0.416 e. The third-order valence-electron chi connectivity index (χ3n) is 11.2. The molecule has 1 saturated carbocycles. The van der Waals surface area contributed by atoms with Gasteiger partial charge in [0.25, 0.3) is 5.91 Å². The predicted octanol–water partition coefficient (Wildman–Crippen LogP) is 7.55. The minimum absolute atomic E-state index is 0. The molecule has 2 aliphatic rings. The standard InChI is InChI=1S/C43H51F4N7O7S2.3H2/c1-11-24-19-42(24,40(57)52-63(58,59)53(8)9)51-37(55)32-17-28(20-54(32)39(56)36(41(5,6)7)48-27-15-25(43(45,46)47)14-26(44)16-27)61-34-18-30(38-50-31(21-62-38)22(2)3)49-35-23(4)33(60-10)13-12-29(34)35;;;/h11-16,18,21-22,24,28,32,36,48H,1,17,19-20H2,2-10H3,(H,51,55)(H,52,57);3*1H/t24-,28-,32+,36-,42-;;;/m1.../s1.